The highest BCUT2D eigenvalue weighted by atomic mass is 32.2. The molecule has 0 aliphatic carbocycles. The molecule has 0 aliphatic heterocycles. The fourth-order valence-electron chi connectivity index (χ4n) is 2.29. The summed E-state index contributed by atoms with van der Waals surface area (Å²) >= 11 is 1.39. The van der Waals surface area contributed by atoms with Crippen molar-refractivity contribution in [2.45, 2.75) is 31.8 Å². The molecular weight excluding hydrogens is 334 g/mol. The molecule has 0 amide bonds. The summed E-state index contributed by atoms with van der Waals surface area (Å²) in [6.07, 6.45) is -0.852. The minimum Gasteiger partial charge on any atom is -0.493 e. The molecule has 2 rings (SSSR count). The van der Waals surface area contributed by atoms with Crippen LogP contribution in [0.15, 0.2) is 34.5 Å². The van der Waals surface area contributed by atoms with Crippen molar-refractivity contribution >= 4 is 21.4 Å². The van der Waals surface area contributed by atoms with Gasteiger partial charge in [-0.3, -0.25) is 0 Å². The molecule has 0 spiro atoms. The van der Waals surface area contributed by atoms with E-state index in [0.29, 0.717) is 12.4 Å². The molecule has 0 saturated carbocycles. The second-order valence-electron chi connectivity index (χ2n) is 5.20. The molecule has 1 heterocycles. The molecule has 5 nitrogen and oxygen atoms in total. The van der Waals surface area contributed by atoms with Gasteiger partial charge in [-0.25, -0.2) is 13.1 Å². The Bertz CT molecular complexity index is 731. The lowest BCUT2D eigenvalue weighted by Crippen LogP contribution is -2.28. The third-order valence-corrected chi connectivity index (χ3v) is 5.75. The van der Waals surface area contributed by atoms with E-state index in [2.05, 4.69) is 4.72 Å². The van der Waals surface area contributed by atoms with Crippen molar-refractivity contribution in [2.75, 3.05) is 13.2 Å². The van der Waals surface area contributed by atoms with E-state index in [1.54, 1.807) is 18.2 Å². The van der Waals surface area contributed by atoms with E-state index < -0.39 is 16.1 Å². The molecule has 0 fully saturated rings. The Hall–Kier alpha value is -1.41. The van der Waals surface area contributed by atoms with Gasteiger partial charge in [-0.1, -0.05) is 6.07 Å². The van der Waals surface area contributed by atoms with Gasteiger partial charge in [-0.05, 0) is 55.5 Å². The standard InChI is InChI=1S/C16H21NO4S2/c1-4-21-16-11(2)8-13(9-12(16)3)23(19,20)17-10-14(18)15-6-5-7-22-15/h5-9,14,17-18H,4,10H2,1-3H3. The van der Waals surface area contributed by atoms with E-state index in [1.165, 1.54) is 11.3 Å². The van der Waals surface area contributed by atoms with Crippen molar-refractivity contribution < 1.29 is 18.3 Å². The lowest BCUT2D eigenvalue weighted by atomic mass is 10.1. The third-order valence-electron chi connectivity index (χ3n) is 3.37. The third kappa shape index (κ3) is 4.32. The summed E-state index contributed by atoms with van der Waals surface area (Å²) in [5, 5.41) is 11.8. The Morgan fingerprint density at radius 3 is 2.48 bits per heavy atom. The quantitative estimate of drug-likeness (QED) is 0.801. The Morgan fingerprint density at radius 1 is 1.30 bits per heavy atom. The largest absolute Gasteiger partial charge is 0.493 e. The van der Waals surface area contributed by atoms with Gasteiger partial charge in [0.1, 0.15) is 11.9 Å². The van der Waals surface area contributed by atoms with Crippen molar-refractivity contribution in [2.24, 2.45) is 0 Å². The molecule has 0 aliphatic rings. The minimum absolute atomic E-state index is 0.0614. The Morgan fingerprint density at radius 2 is 1.96 bits per heavy atom. The normalized spacial score (nSPS) is 13.0. The van der Waals surface area contributed by atoms with Gasteiger partial charge in [0.15, 0.2) is 0 Å². The molecular formula is C16H21NO4S2. The average molecular weight is 355 g/mol. The van der Waals surface area contributed by atoms with Crippen LogP contribution in [0.25, 0.3) is 0 Å². The van der Waals surface area contributed by atoms with Crippen molar-refractivity contribution in [1.29, 1.82) is 0 Å². The van der Waals surface area contributed by atoms with E-state index in [-0.39, 0.29) is 11.4 Å². The lowest BCUT2D eigenvalue weighted by Gasteiger charge is -2.15. The maximum atomic E-state index is 12.4. The maximum absolute atomic E-state index is 12.4. The summed E-state index contributed by atoms with van der Waals surface area (Å²) in [6.45, 7) is 5.99. The minimum atomic E-state index is -3.68. The molecule has 1 aromatic carbocycles. The second kappa shape index (κ2) is 7.44. The SMILES string of the molecule is CCOc1c(C)cc(S(=O)(=O)NCC(O)c2cccs2)cc1C. The number of aliphatic hydroxyl groups excluding tert-OH is 1. The van der Waals surface area contributed by atoms with E-state index >= 15 is 0 Å². The molecule has 7 heteroatoms. The Labute approximate surface area is 141 Å². The van der Waals surface area contributed by atoms with Crippen molar-refractivity contribution in [3.05, 3.63) is 45.6 Å². The van der Waals surface area contributed by atoms with Crippen LogP contribution in [0, 0.1) is 13.8 Å². The summed E-state index contributed by atoms with van der Waals surface area (Å²) < 4.78 is 32.8. The van der Waals surface area contributed by atoms with Gasteiger partial charge in [-0.2, -0.15) is 0 Å². The van der Waals surface area contributed by atoms with Crippen LogP contribution in [-0.4, -0.2) is 26.7 Å². The Balaban J connectivity index is 2.16. The Kier molecular flexibility index (Phi) is 5.80. The predicted molar refractivity (Wildman–Crippen MR) is 91.6 cm³/mol. The summed E-state index contributed by atoms with van der Waals surface area (Å²) in [7, 11) is -3.68. The van der Waals surface area contributed by atoms with E-state index in [9.17, 15) is 13.5 Å². The fraction of sp³-hybridized carbons (Fsp3) is 0.375. The number of aryl methyl sites for hydroxylation is 2. The van der Waals surface area contributed by atoms with Crippen molar-refractivity contribution in [1.82, 2.24) is 4.72 Å². The average Bonchev–Trinajstić information content (AvgIpc) is 3.02. The van der Waals surface area contributed by atoms with Gasteiger partial charge in [-0.15, -0.1) is 11.3 Å². The summed E-state index contributed by atoms with van der Waals surface area (Å²) in [5.74, 6) is 0.713. The second-order valence-corrected chi connectivity index (χ2v) is 7.95. The summed E-state index contributed by atoms with van der Waals surface area (Å²) in [5.41, 5.74) is 1.54. The van der Waals surface area contributed by atoms with E-state index in [1.807, 2.05) is 32.2 Å². The molecule has 1 unspecified atom stereocenters. The van der Waals surface area contributed by atoms with Crippen LogP contribution in [0.5, 0.6) is 5.75 Å². The molecule has 0 saturated heterocycles. The van der Waals surface area contributed by atoms with Crippen LogP contribution in [0.2, 0.25) is 0 Å². The van der Waals surface area contributed by atoms with Crippen LogP contribution >= 0.6 is 11.3 Å². The number of hydrogen-bond acceptors (Lipinski definition) is 5. The van der Waals surface area contributed by atoms with Crippen LogP contribution in [0.1, 0.15) is 29.0 Å². The summed E-state index contributed by atoms with van der Waals surface area (Å²) in [6, 6.07) is 6.75. The highest BCUT2D eigenvalue weighted by molar-refractivity contribution is 7.89. The monoisotopic (exact) mass is 355 g/mol. The zero-order valence-electron chi connectivity index (χ0n) is 13.4. The van der Waals surface area contributed by atoms with Crippen LogP contribution in [0.3, 0.4) is 0 Å². The number of hydrogen-bond donors (Lipinski definition) is 2. The van der Waals surface area contributed by atoms with Gasteiger partial charge in [0.25, 0.3) is 0 Å². The fourth-order valence-corrected chi connectivity index (χ4v) is 4.21. The molecule has 1 aromatic heterocycles. The van der Waals surface area contributed by atoms with Gasteiger partial charge < -0.3 is 9.84 Å². The topological polar surface area (TPSA) is 75.6 Å². The predicted octanol–water partition coefficient (Wildman–Crippen LogP) is 2.78. The highest BCUT2D eigenvalue weighted by Gasteiger charge is 2.19. The van der Waals surface area contributed by atoms with E-state index in [4.69, 9.17) is 4.74 Å². The van der Waals surface area contributed by atoms with Gasteiger partial charge >= 0.3 is 0 Å². The van der Waals surface area contributed by atoms with E-state index in [0.717, 1.165) is 16.0 Å². The zero-order chi connectivity index (χ0) is 17.0. The number of rotatable bonds is 7. The first kappa shape index (κ1) is 17.9. The number of thiophene rings is 1. The molecule has 2 N–H and O–H groups in total. The van der Waals surface area contributed by atoms with Crippen LogP contribution in [0.4, 0.5) is 0 Å². The van der Waals surface area contributed by atoms with Crippen molar-refractivity contribution in [3.8, 4) is 5.75 Å². The smallest absolute Gasteiger partial charge is 0.240 e. The van der Waals surface area contributed by atoms with Gasteiger partial charge in [0, 0.05) is 11.4 Å². The highest BCUT2D eigenvalue weighted by Crippen LogP contribution is 2.27. The summed E-state index contributed by atoms with van der Waals surface area (Å²) in [4.78, 5) is 0.904. The van der Waals surface area contributed by atoms with Crippen molar-refractivity contribution in [3.63, 3.8) is 0 Å². The number of sulfonamides is 1. The molecule has 23 heavy (non-hydrogen) atoms. The number of aliphatic hydroxyl groups is 1. The first-order valence-electron chi connectivity index (χ1n) is 7.30. The first-order valence-corrected chi connectivity index (χ1v) is 9.66. The van der Waals surface area contributed by atoms with Gasteiger partial charge in [0.05, 0.1) is 11.5 Å². The lowest BCUT2D eigenvalue weighted by molar-refractivity contribution is 0.186. The van der Waals surface area contributed by atoms with Gasteiger partial charge in [0.2, 0.25) is 10.0 Å². The first-order chi connectivity index (χ1) is 10.8. The number of benzene rings is 1. The molecule has 0 radical (unpaired) electrons. The molecule has 126 valence electrons. The number of nitrogens with one attached hydrogen (secondary N) is 1. The maximum Gasteiger partial charge on any atom is 0.240 e. The molecule has 0 bridgehead atoms. The molecule has 2 aromatic rings. The number of ether oxygens (including phenoxy) is 1. The van der Waals surface area contributed by atoms with Crippen LogP contribution in [-0.2, 0) is 10.0 Å². The molecule has 1 atom stereocenters. The zero-order valence-corrected chi connectivity index (χ0v) is 15.0. The van der Waals surface area contributed by atoms with Crippen LogP contribution < -0.4 is 9.46 Å².